The van der Waals surface area contributed by atoms with E-state index in [0.29, 0.717) is 25.0 Å². The Kier molecular flexibility index (Phi) is 6.97. The van der Waals surface area contributed by atoms with Gasteiger partial charge in [-0.25, -0.2) is 8.78 Å². The smallest absolute Gasteiger partial charge is 0.129 e. The Morgan fingerprint density at radius 3 is 2.41 bits per heavy atom. The van der Waals surface area contributed by atoms with Crippen LogP contribution in [0.25, 0.3) is 0 Å². The summed E-state index contributed by atoms with van der Waals surface area (Å²) in [7, 11) is 0. The minimum absolute atomic E-state index is 0.0300. The third-order valence-electron chi connectivity index (χ3n) is 5.41. The van der Waals surface area contributed by atoms with Crippen molar-refractivity contribution in [2.75, 3.05) is 26.2 Å². The second kappa shape index (κ2) is 9.43. The molecule has 2 aromatic rings. The molecule has 146 valence electrons. The Hall–Kier alpha value is -1.78. The summed E-state index contributed by atoms with van der Waals surface area (Å²) in [4.78, 5) is 2.47. The Labute approximate surface area is 161 Å². The summed E-state index contributed by atoms with van der Waals surface area (Å²) < 4.78 is 33.1. The zero-order valence-corrected chi connectivity index (χ0v) is 16.3. The molecule has 1 aliphatic rings. The molecule has 1 aliphatic heterocycles. The van der Waals surface area contributed by atoms with Crippen molar-refractivity contribution in [3.8, 4) is 0 Å². The van der Waals surface area contributed by atoms with E-state index in [4.69, 9.17) is 4.74 Å². The van der Waals surface area contributed by atoms with Crippen LogP contribution in [0.2, 0.25) is 0 Å². The minimum atomic E-state index is -0.534. The van der Waals surface area contributed by atoms with Crippen molar-refractivity contribution in [2.24, 2.45) is 0 Å². The molecule has 1 unspecified atom stereocenters. The summed E-state index contributed by atoms with van der Waals surface area (Å²) in [6.45, 7) is 7.99. The standard InChI is InChI=1S/C23H29F2NO/c1-17-7-5-8-18(2)23(17)22(16-26-12-3-4-13-26)27-14-6-9-19-10-11-20(24)15-21(19)25/h5,7-8,10-11,15,22H,3-4,6,9,12-14,16H2,1-2H3. The fourth-order valence-corrected chi connectivity index (χ4v) is 3.97. The molecule has 1 saturated heterocycles. The number of halogens is 2. The highest BCUT2D eigenvalue weighted by Crippen LogP contribution is 2.27. The topological polar surface area (TPSA) is 12.5 Å². The predicted molar refractivity (Wildman–Crippen MR) is 105 cm³/mol. The van der Waals surface area contributed by atoms with E-state index in [1.165, 1.54) is 41.7 Å². The lowest BCUT2D eigenvalue weighted by molar-refractivity contribution is 0.0277. The molecule has 1 atom stereocenters. The highest BCUT2D eigenvalue weighted by molar-refractivity contribution is 5.35. The molecule has 0 aromatic heterocycles. The molecule has 0 spiro atoms. The first-order valence-electron chi connectivity index (χ1n) is 9.88. The molecule has 0 radical (unpaired) electrons. The molecule has 4 heteroatoms. The van der Waals surface area contributed by atoms with Crippen LogP contribution in [0, 0.1) is 25.5 Å². The maximum atomic E-state index is 13.8. The van der Waals surface area contributed by atoms with Gasteiger partial charge in [-0.1, -0.05) is 24.3 Å². The highest BCUT2D eigenvalue weighted by Gasteiger charge is 2.22. The van der Waals surface area contributed by atoms with Gasteiger partial charge in [0.2, 0.25) is 0 Å². The van der Waals surface area contributed by atoms with E-state index in [-0.39, 0.29) is 6.10 Å². The van der Waals surface area contributed by atoms with E-state index in [9.17, 15) is 8.78 Å². The lowest BCUT2D eigenvalue weighted by Gasteiger charge is -2.27. The molecule has 3 rings (SSSR count). The Balaban J connectivity index is 1.62. The number of aryl methyl sites for hydroxylation is 3. The van der Waals surface area contributed by atoms with Crippen molar-refractivity contribution in [3.05, 3.63) is 70.3 Å². The third kappa shape index (κ3) is 5.36. The maximum Gasteiger partial charge on any atom is 0.129 e. The van der Waals surface area contributed by atoms with Crippen LogP contribution in [0.15, 0.2) is 36.4 Å². The van der Waals surface area contributed by atoms with Gasteiger partial charge < -0.3 is 9.64 Å². The Morgan fingerprint density at radius 2 is 1.74 bits per heavy atom. The normalized spacial score (nSPS) is 16.0. The fourth-order valence-electron chi connectivity index (χ4n) is 3.97. The van der Waals surface area contributed by atoms with Crippen molar-refractivity contribution in [2.45, 2.75) is 45.6 Å². The summed E-state index contributed by atoms with van der Waals surface area (Å²) >= 11 is 0. The number of hydrogen-bond donors (Lipinski definition) is 0. The molecule has 0 amide bonds. The molecular weight excluding hydrogens is 344 g/mol. The molecule has 2 nitrogen and oxygen atoms in total. The van der Waals surface area contributed by atoms with Crippen molar-refractivity contribution in [1.29, 1.82) is 0 Å². The van der Waals surface area contributed by atoms with Crippen LogP contribution in [0.1, 0.15) is 47.6 Å². The predicted octanol–water partition coefficient (Wildman–Crippen LogP) is 5.37. The third-order valence-corrected chi connectivity index (χ3v) is 5.41. The molecule has 0 N–H and O–H groups in total. The van der Waals surface area contributed by atoms with Gasteiger partial charge in [0, 0.05) is 19.2 Å². The van der Waals surface area contributed by atoms with Gasteiger partial charge in [-0.2, -0.15) is 0 Å². The van der Waals surface area contributed by atoms with Gasteiger partial charge in [0.25, 0.3) is 0 Å². The minimum Gasteiger partial charge on any atom is -0.372 e. The number of ether oxygens (including phenoxy) is 1. The molecule has 0 bridgehead atoms. The second-order valence-corrected chi connectivity index (χ2v) is 7.51. The monoisotopic (exact) mass is 373 g/mol. The zero-order valence-electron chi connectivity index (χ0n) is 16.3. The summed E-state index contributed by atoms with van der Waals surface area (Å²) in [5, 5.41) is 0. The highest BCUT2D eigenvalue weighted by atomic mass is 19.1. The van der Waals surface area contributed by atoms with Gasteiger partial charge in [-0.05, 0) is 80.9 Å². The summed E-state index contributed by atoms with van der Waals surface area (Å²) in [6.07, 6.45) is 3.80. The molecule has 27 heavy (non-hydrogen) atoms. The summed E-state index contributed by atoms with van der Waals surface area (Å²) in [5.74, 6) is -1.01. The molecular formula is C23H29F2NO. The number of hydrogen-bond acceptors (Lipinski definition) is 2. The second-order valence-electron chi connectivity index (χ2n) is 7.51. The SMILES string of the molecule is Cc1cccc(C)c1C(CN1CCCC1)OCCCc1ccc(F)cc1F. The number of nitrogens with zero attached hydrogens (tertiary/aromatic N) is 1. The molecule has 1 heterocycles. The molecule has 0 aliphatic carbocycles. The van der Waals surface area contributed by atoms with E-state index in [0.717, 1.165) is 25.7 Å². The van der Waals surface area contributed by atoms with Crippen LogP contribution in [0.5, 0.6) is 0 Å². The van der Waals surface area contributed by atoms with E-state index in [2.05, 4.69) is 36.9 Å². The summed E-state index contributed by atoms with van der Waals surface area (Å²) in [6, 6.07) is 10.1. The van der Waals surface area contributed by atoms with Crippen molar-refractivity contribution in [1.82, 2.24) is 4.90 Å². The van der Waals surface area contributed by atoms with E-state index in [1.807, 2.05) is 0 Å². The number of benzene rings is 2. The van der Waals surface area contributed by atoms with Crippen molar-refractivity contribution in [3.63, 3.8) is 0 Å². The Bertz CT molecular complexity index is 736. The van der Waals surface area contributed by atoms with Gasteiger partial charge in [-0.15, -0.1) is 0 Å². The Morgan fingerprint density at radius 1 is 1.04 bits per heavy atom. The summed E-state index contributed by atoms with van der Waals surface area (Å²) in [5.41, 5.74) is 4.33. The van der Waals surface area contributed by atoms with Crippen LogP contribution in [0.4, 0.5) is 8.78 Å². The van der Waals surface area contributed by atoms with Gasteiger partial charge in [0.15, 0.2) is 0 Å². The largest absolute Gasteiger partial charge is 0.372 e. The van der Waals surface area contributed by atoms with Crippen LogP contribution in [-0.2, 0) is 11.2 Å². The maximum absolute atomic E-state index is 13.8. The van der Waals surface area contributed by atoms with E-state index in [1.54, 1.807) is 0 Å². The average molecular weight is 373 g/mol. The van der Waals surface area contributed by atoms with Gasteiger partial charge >= 0.3 is 0 Å². The van der Waals surface area contributed by atoms with E-state index < -0.39 is 11.6 Å². The van der Waals surface area contributed by atoms with Crippen LogP contribution < -0.4 is 0 Å². The van der Waals surface area contributed by atoms with Crippen molar-refractivity contribution < 1.29 is 13.5 Å². The van der Waals surface area contributed by atoms with Gasteiger partial charge in [-0.3, -0.25) is 0 Å². The molecule has 1 fully saturated rings. The zero-order chi connectivity index (χ0) is 19.2. The first-order chi connectivity index (χ1) is 13.0. The van der Waals surface area contributed by atoms with Crippen LogP contribution >= 0.6 is 0 Å². The van der Waals surface area contributed by atoms with Crippen LogP contribution in [-0.4, -0.2) is 31.1 Å². The first-order valence-corrected chi connectivity index (χ1v) is 9.88. The van der Waals surface area contributed by atoms with Gasteiger partial charge in [0.05, 0.1) is 6.10 Å². The lowest BCUT2D eigenvalue weighted by Crippen LogP contribution is -2.28. The average Bonchev–Trinajstić information content (AvgIpc) is 3.13. The van der Waals surface area contributed by atoms with Crippen LogP contribution in [0.3, 0.4) is 0 Å². The fraction of sp³-hybridized carbons (Fsp3) is 0.478. The van der Waals surface area contributed by atoms with Gasteiger partial charge in [0.1, 0.15) is 11.6 Å². The molecule has 2 aromatic carbocycles. The van der Waals surface area contributed by atoms with E-state index >= 15 is 0 Å². The number of likely N-dealkylation sites (tertiary alicyclic amines) is 1. The van der Waals surface area contributed by atoms with Crippen molar-refractivity contribution >= 4 is 0 Å². The lowest BCUT2D eigenvalue weighted by atomic mass is 9.97. The molecule has 0 saturated carbocycles. The quantitative estimate of drug-likeness (QED) is 0.577. The number of rotatable bonds is 8. The first kappa shape index (κ1) is 20.0.